The van der Waals surface area contributed by atoms with E-state index >= 15 is 0 Å². The molecule has 0 radical (unpaired) electrons. The van der Waals surface area contributed by atoms with E-state index in [1.165, 1.54) is 5.56 Å². The summed E-state index contributed by atoms with van der Waals surface area (Å²) in [6.45, 7) is 2.81. The van der Waals surface area contributed by atoms with Crippen molar-refractivity contribution in [2.24, 2.45) is 0 Å². The van der Waals surface area contributed by atoms with E-state index in [0.717, 1.165) is 28.6 Å². The second kappa shape index (κ2) is 8.20. The minimum Gasteiger partial charge on any atom is -0.380 e. The minimum absolute atomic E-state index is 0.320. The van der Waals surface area contributed by atoms with E-state index in [1.54, 1.807) is 7.11 Å². The molecule has 2 aromatic carbocycles. The fraction of sp³-hybridized carbons (Fsp3) is 0.333. The third-order valence-corrected chi connectivity index (χ3v) is 4.26. The van der Waals surface area contributed by atoms with Gasteiger partial charge in [0.2, 0.25) is 0 Å². The van der Waals surface area contributed by atoms with Gasteiger partial charge in [-0.25, -0.2) is 0 Å². The Morgan fingerprint density at radius 3 is 2.52 bits per heavy atom. The highest BCUT2D eigenvalue weighted by Gasteiger charge is 2.13. The summed E-state index contributed by atoms with van der Waals surface area (Å²) in [6, 6.07) is 17.2. The summed E-state index contributed by atoms with van der Waals surface area (Å²) in [7, 11) is 1.73. The molecule has 3 heteroatoms. The molecule has 0 fully saturated rings. The van der Waals surface area contributed by atoms with Gasteiger partial charge in [0.25, 0.3) is 0 Å². The van der Waals surface area contributed by atoms with Crippen LogP contribution < -0.4 is 5.32 Å². The lowest BCUT2D eigenvalue weighted by Gasteiger charge is -2.22. The third-order valence-electron chi connectivity index (χ3n) is 3.52. The third kappa shape index (κ3) is 4.32. The highest BCUT2D eigenvalue weighted by Crippen LogP contribution is 2.30. The van der Waals surface area contributed by atoms with E-state index in [1.807, 2.05) is 0 Å². The molecule has 112 valence electrons. The molecular formula is C18H22BrNO. The molecule has 0 saturated heterocycles. The van der Waals surface area contributed by atoms with Crippen molar-refractivity contribution < 1.29 is 4.74 Å². The highest BCUT2D eigenvalue weighted by atomic mass is 79.9. The number of nitrogens with one attached hydrogen (secondary N) is 1. The number of rotatable bonds is 7. The molecule has 2 rings (SSSR count). The zero-order valence-corrected chi connectivity index (χ0v) is 14.2. The van der Waals surface area contributed by atoms with Crippen molar-refractivity contribution in [1.82, 2.24) is 0 Å². The van der Waals surface area contributed by atoms with Crippen LogP contribution in [0.25, 0.3) is 0 Å². The quantitative estimate of drug-likeness (QED) is 0.708. The van der Waals surface area contributed by atoms with Gasteiger partial charge in [0.15, 0.2) is 0 Å². The lowest BCUT2D eigenvalue weighted by Crippen LogP contribution is -2.12. The van der Waals surface area contributed by atoms with E-state index in [-0.39, 0.29) is 0 Å². The van der Waals surface area contributed by atoms with Crippen molar-refractivity contribution in [2.75, 3.05) is 12.4 Å². The number of anilines is 1. The van der Waals surface area contributed by atoms with E-state index in [9.17, 15) is 0 Å². The summed E-state index contributed by atoms with van der Waals surface area (Å²) >= 11 is 3.61. The number of hydrogen-bond donors (Lipinski definition) is 1. The van der Waals surface area contributed by atoms with Gasteiger partial charge in [-0.05, 0) is 24.1 Å². The normalized spacial score (nSPS) is 12.1. The van der Waals surface area contributed by atoms with Crippen molar-refractivity contribution >= 4 is 21.6 Å². The predicted octanol–water partition coefficient (Wildman–Crippen LogP) is 5.55. The molecule has 0 heterocycles. The zero-order chi connectivity index (χ0) is 15.1. The molecule has 2 aromatic rings. The summed E-state index contributed by atoms with van der Waals surface area (Å²) in [4.78, 5) is 0. The van der Waals surface area contributed by atoms with Crippen LogP contribution >= 0.6 is 15.9 Å². The van der Waals surface area contributed by atoms with E-state index < -0.39 is 0 Å². The van der Waals surface area contributed by atoms with Gasteiger partial charge < -0.3 is 10.1 Å². The molecule has 1 atom stereocenters. The lowest BCUT2D eigenvalue weighted by atomic mass is 10.0. The Labute approximate surface area is 135 Å². The molecule has 0 bridgehead atoms. The van der Waals surface area contributed by atoms with E-state index in [2.05, 4.69) is 76.7 Å². The zero-order valence-electron chi connectivity index (χ0n) is 12.6. The molecule has 0 aliphatic carbocycles. The largest absolute Gasteiger partial charge is 0.380 e. The molecule has 2 nitrogen and oxygen atoms in total. The number of benzene rings is 2. The Kier molecular flexibility index (Phi) is 6.27. The average molecular weight is 348 g/mol. The minimum atomic E-state index is 0.320. The first-order valence-corrected chi connectivity index (χ1v) is 8.13. The Morgan fingerprint density at radius 2 is 1.86 bits per heavy atom. The molecule has 1 N–H and O–H groups in total. The monoisotopic (exact) mass is 347 g/mol. The number of methoxy groups -OCH3 is 1. The van der Waals surface area contributed by atoms with Crippen LogP contribution in [0.1, 0.15) is 36.9 Å². The Morgan fingerprint density at radius 1 is 1.10 bits per heavy atom. The molecule has 0 aliphatic heterocycles. The molecule has 0 amide bonds. The highest BCUT2D eigenvalue weighted by molar-refractivity contribution is 9.10. The van der Waals surface area contributed by atoms with Crippen LogP contribution in [-0.4, -0.2) is 7.11 Å². The van der Waals surface area contributed by atoms with Gasteiger partial charge in [0, 0.05) is 22.8 Å². The SMILES string of the molecule is CCCC(Nc1cccc(Br)c1COC)c1ccccc1. The summed E-state index contributed by atoms with van der Waals surface area (Å²) in [6.07, 6.45) is 2.24. The maximum atomic E-state index is 5.33. The Hall–Kier alpha value is -1.32. The van der Waals surface area contributed by atoms with E-state index in [4.69, 9.17) is 4.74 Å². The topological polar surface area (TPSA) is 21.3 Å². The van der Waals surface area contributed by atoms with Gasteiger partial charge in [0.1, 0.15) is 0 Å². The first-order chi connectivity index (χ1) is 10.3. The second-order valence-electron chi connectivity index (χ2n) is 5.10. The maximum absolute atomic E-state index is 5.33. The molecule has 21 heavy (non-hydrogen) atoms. The standard InChI is InChI=1S/C18H22BrNO/c1-3-8-17(14-9-5-4-6-10-14)20-18-12-7-11-16(19)15(18)13-21-2/h4-7,9-12,17,20H,3,8,13H2,1-2H3. The molecule has 1 unspecified atom stereocenters. The van der Waals surface area contributed by atoms with Gasteiger partial charge in [-0.1, -0.05) is 65.7 Å². The summed E-state index contributed by atoms with van der Waals surface area (Å²) < 4.78 is 6.41. The smallest absolute Gasteiger partial charge is 0.0744 e. The van der Waals surface area contributed by atoms with Gasteiger partial charge >= 0.3 is 0 Å². The molecule has 0 aliphatic rings. The fourth-order valence-corrected chi connectivity index (χ4v) is 2.95. The summed E-state index contributed by atoms with van der Waals surface area (Å²) in [5.74, 6) is 0. The van der Waals surface area contributed by atoms with Crippen molar-refractivity contribution in [3.05, 3.63) is 64.1 Å². The summed E-state index contributed by atoms with van der Waals surface area (Å²) in [5, 5.41) is 3.68. The molecule has 0 saturated carbocycles. The van der Waals surface area contributed by atoms with Crippen LogP contribution in [-0.2, 0) is 11.3 Å². The van der Waals surface area contributed by atoms with Gasteiger partial charge in [0.05, 0.1) is 12.6 Å². The van der Waals surface area contributed by atoms with E-state index in [0.29, 0.717) is 12.6 Å². The Balaban J connectivity index is 2.27. The van der Waals surface area contributed by atoms with Crippen LogP contribution in [0.15, 0.2) is 53.0 Å². The van der Waals surface area contributed by atoms with Crippen LogP contribution in [0.2, 0.25) is 0 Å². The van der Waals surface area contributed by atoms with Crippen LogP contribution in [0, 0.1) is 0 Å². The van der Waals surface area contributed by atoms with Crippen molar-refractivity contribution in [3.8, 4) is 0 Å². The predicted molar refractivity (Wildman–Crippen MR) is 92.6 cm³/mol. The first-order valence-electron chi connectivity index (χ1n) is 7.34. The lowest BCUT2D eigenvalue weighted by molar-refractivity contribution is 0.185. The number of hydrogen-bond acceptors (Lipinski definition) is 2. The first kappa shape index (κ1) is 16.1. The Bertz CT molecular complexity index is 556. The van der Waals surface area contributed by atoms with Gasteiger partial charge in [-0.2, -0.15) is 0 Å². The number of ether oxygens (including phenoxy) is 1. The van der Waals surface area contributed by atoms with Crippen LogP contribution in [0.5, 0.6) is 0 Å². The average Bonchev–Trinajstić information content (AvgIpc) is 2.51. The fourth-order valence-electron chi connectivity index (χ4n) is 2.47. The van der Waals surface area contributed by atoms with Crippen LogP contribution in [0.4, 0.5) is 5.69 Å². The van der Waals surface area contributed by atoms with Crippen molar-refractivity contribution in [3.63, 3.8) is 0 Å². The van der Waals surface area contributed by atoms with Crippen LogP contribution in [0.3, 0.4) is 0 Å². The van der Waals surface area contributed by atoms with Gasteiger partial charge in [-0.3, -0.25) is 0 Å². The molecular weight excluding hydrogens is 326 g/mol. The summed E-state index contributed by atoms with van der Waals surface area (Å²) in [5.41, 5.74) is 3.62. The van der Waals surface area contributed by atoms with Crippen molar-refractivity contribution in [2.45, 2.75) is 32.4 Å². The molecule has 0 spiro atoms. The second-order valence-corrected chi connectivity index (χ2v) is 5.95. The maximum Gasteiger partial charge on any atom is 0.0744 e. The van der Waals surface area contributed by atoms with Crippen molar-refractivity contribution in [1.29, 1.82) is 0 Å². The number of halogens is 1. The molecule has 0 aromatic heterocycles. The van der Waals surface area contributed by atoms with Gasteiger partial charge in [-0.15, -0.1) is 0 Å².